The molecule has 0 amide bonds. The molecule has 1 saturated heterocycles. The first kappa shape index (κ1) is 17.9. The second-order valence-electron chi connectivity index (χ2n) is 6.93. The predicted octanol–water partition coefficient (Wildman–Crippen LogP) is 3.06. The van der Waals surface area contributed by atoms with Crippen LogP contribution in [0.1, 0.15) is 32.3 Å². The molecule has 1 atom stereocenters. The molecule has 1 aliphatic rings. The summed E-state index contributed by atoms with van der Waals surface area (Å²) in [5.41, 5.74) is 1.60. The number of hydrogen-bond acceptors (Lipinski definition) is 4. The smallest absolute Gasteiger partial charge is 0.261 e. The van der Waals surface area contributed by atoms with Crippen molar-refractivity contribution in [3.8, 4) is 0 Å². The molecule has 0 radical (unpaired) electrons. The van der Waals surface area contributed by atoms with Crippen molar-refractivity contribution in [3.05, 3.63) is 42.2 Å². The molecule has 3 rings (SSSR count). The van der Waals surface area contributed by atoms with Gasteiger partial charge in [-0.05, 0) is 42.9 Å². The normalized spacial score (nSPS) is 18.0. The van der Waals surface area contributed by atoms with Gasteiger partial charge in [-0.25, -0.2) is 8.42 Å². The van der Waals surface area contributed by atoms with Crippen molar-refractivity contribution < 1.29 is 13.2 Å². The molecular weight excluding hydrogens is 338 g/mol. The Morgan fingerprint density at radius 1 is 1.32 bits per heavy atom. The van der Waals surface area contributed by atoms with E-state index in [1.807, 2.05) is 12.1 Å². The number of aromatic nitrogens is 2. The highest BCUT2D eigenvalue weighted by Crippen LogP contribution is 2.19. The maximum absolute atomic E-state index is 12.5. The van der Waals surface area contributed by atoms with Crippen molar-refractivity contribution in [2.75, 3.05) is 11.3 Å². The summed E-state index contributed by atoms with van der Waals surface area (Å²) in [5, 5.41) is 4.21. The molecule has 6 nitrogen and oxygen atoms in total. The van der Waals surface area contributed by atoms with Gasteiger partial charge in [0.2, 0.25) is 0 Å². The molecule has 1 aliphatic heterocycles. The van der Waals surface area contributed by atoms with Crippen LogP contribution in [0.3, 0.4) is 0 Å². The largest absolute Gasteiger partial charge is 0.376 e. The molecule has 25 heavy (non-hydrogen) atoms. The fraction of sp³-hybridized carbons (Fsp3) is 0.500. The lowest BCUT2D eigenvalue weighted by Crippen LogP contribution is -2.15. The van der Waals surface area contributed by atoms with Crippen LogP contribution in [0, 0.1) is 5.92 Å². The zero-order valence-corrected chi connectivity index (χ0v) is 15.5. The third-order valence-corrected chi connectivity index (χ3v) is 5.57. The van der Waals surface area contributed by atoms with Crippen LogP contribution in [-0.2, 0) is 27.7 Å². The molecule has 1 aromatic heterocycles. The number of nitrogens with one attached hydrogen (secondary N) is 1. The number of benzene rings is 1. The van der Waals surface area contributed by atoms with E-state index in [9.17, 15) is 8.42 Å². The SMILES string of the molecule is CC(C)Cc1ccc(S(=O)(=O)Nc2cnn(CC3CCCO3)c2)cc1. The number of nitrogens with zero attached hydrogens (tertiary/aromatic N) is 2. The van der Waals surface area contributed by atoms with E-state index < -0.39 is 10.0 Å². The topological polar surface area (TPSA) is 73.2 Å². The fourth-order valence-electron chi connectivity index (χ4n) is 3.00. The van der Waals surface area contributed by atoms with E-state index in [1.165, 1.54) is 6.20 Å². The number of hydrogen-bond donors (Lipinski definition) is 1. The van der Waals surface area contributed by atoms with E-state index in [0.29, 0.717) is 18.2 Å². The third kappa shape index (κ3) is 4.83. The molecule has 2 heterocycles. The van der Waals surface area contributed by atoms with Crippen molar-refractivity contribution in [2.45, 2.75) is 50.7 Å². The Morgan fingerprint density at radius 2 is 2.08 bits per heavy atom. The average molecular weight is 363 g/mol. The molecule has 0 bridgehead atoms. The Kier molecular flexibility index (Phi) is 5.44. The summed E-state index contributed by atoms with van der Waals surface area (Å²) >= 11 is 0. The fourth-order valence-corrected chi connectivity index (χ4v) is 4.03. The summed E-state index contributed by atoms with van der Waals surface area (Å²) in [6.45, 7) is 5.71. The highest BCUT2D eigenvalue weighted by atomic mass is 32.2. The zero-order valence-electron chi connectivity index (χ0n) is 14.7. The molecule has 1 aromatic carbocycles. The van der Waals surface area contributed by atoms with E-state index in [2.05, 4.69) is 23.7 Å². The highest BCUT2D eigenvalue weighted by molar-refractivity contribution is 7.92. The van der Waals surface area contributed by atoms with Crippen molar-refractivity contribution in [3.63, 3.8) is 0 Å². The highest BCUT2D eigenvalue weighted by Gasteiger charge is 2.18. The van der Waals surface area contributed by atoms with Crippen molar-refractivity contribution >= 4 is 15.7 Å². The van der Waals surface area contributed by atoms with Crippen LogP contribution < -0.4 is 4.72 Å². The van der Waals surface area contributed by atoms with Crippen LogP contribution in [0.25, 0.3) is 0 Å². The predicted molar refractivity (Wildman–Crippen MR) is 97.0 cm³/mol. The zero-order chi connectivity index (χ0) is 17.9. The first-order valence-corrected chi connectivity index (χ1v) is 10.2. The summed E-state index contributed by atoms with van der Waals surface area (Å²) in [6.07, 6.45) is 6.41. The van der Waals surface area contributed by atoms with E-state index in [0.717, 1.165) is 31.4 Å². The van der Waals surface area contributed by atoms with Crippen molar-refractivity contribution in [1.82, 2.24) is 9.78 Å². The Bertz CT molecular complexity index is 791. The molecule has 1 N–H and O–H groups in total. The van der Waals surface area contributed by atoms with Gasteiger partial charge in [0.05, 0.1) is 29.4 Å². The second-order valence-corrected chi connectivity index (χ2v) is 8.62. The minimum Gasteiger partial charge on any atom is -0.376 e. The molecule has 0 aliphatic carbocycles. The first-order chi connectivity index (χ1) is 11.9. The van der Waals surface area contributed by atoms with Gasteiger partial charge in [-0.3, -0.25) is 9.40 Å². The number of anilines is 1. The van der Waals surface area contributed by atoms with E-state index in [-0.39, 0.29) is 11.0 Å². The second kappa shape index (κ2) is 7.58. The van der Waals surface area contributed by atoms with Crippen LogP contribution in [0.2, 0.25) is 0 Å². The van der Waals surface area contributed by atoms with Gasteiger partial charge in [-0.2, -0.15) is 5.10 Å². The van der Waals surface area contributed by atoms with Gasteiger partial charge in [0.25, 0.3) is 10.0 Å². The summed E-state index contributed by atoms with van der Waals surface area (Å²) in [6, 6.07) is 7.04. The Hall–Kier alpha value is -1.86. The monoisotopic (exact) mass is 363 g/mol. The van der Waals surface area contributed by atoms with Gasteiger partial charge in [-0.1, -0.05) is 26.0 Å². The van der Waals surface area contributed by atoms with E-state index in [4.69, 9.17) is 4.74 Å². The molecule has 1 unspecified atom stereocenters. The Morgan fingerprint density at radius 3 is 2.72 bits per heavy atom. The summed E-state index contributed by atoms with van der Waals surface area (Å²) in [4.78, 5) is 0.256. The minimum atomic E-state index is -3.61. The van der Waals surface area contributed by atoms with Crippen LogP contribution in [0.5, 0.6) is 0 Å². The molecule has 136 valence electrons. The molecule has 0 spiro atoms. The molecule has 0 saturated carbocycles. The van der Waals surface area contributed by atoms with Gasteiger partial charge in [0.1, 0.15) is 0 Å². The van der Waals surface area contributed by atoms with Gasteiger partial charge in [0, 0.05) is 12.8 Å². The summed E-state index contributed by atoms with van der Waals surface area (Å²) < 4.78 is 34.9. The number of ether oxygens (including phenoxy) is 1. The molecule has 1 fully saturated rings. The van der Waals surface area contributed by atoms with Crippen LogP contribution in [0.4, 0.5) is 5.69 Å². The van der Waals surface area contributed by atoms with Crippen LogP contribution in [0.15, 0.2) is 41.6 Å². The van der Waals surface area contributed by atoms with E-state index >= 15 is 0 Å². The number of sulfonamides is 1. The van der Waals surface area contributed by atoms with Crippen LogP contribution >= 0.6 is 0 Å². The van der Waals surface area contributed by atoms with E-state index in [1.54, 1.807) is 23.0 Å². The first-order valence-electron chi connectivity index (χ1n) is 8.68. The maximum atomic E-state index is 12.5. The van der Waals surface area contributed by atoms with Gasteiger partial charge in [0.15, 0.2) is 0 Å². The quantitative estimate of drug-likeness (QED) is 0.820. The lowest BCUT2D eigenvalue weighted by Gasteiger charge is -2.09. The number of rotatable bonds is 7. The summed E-state index contributed by atoms with van der Waals surface area (Å²) in [7, 11) is -3.61. The summed E-state index contributed by atoms with van der Waals surface area (Å²) in [5.74, 6) is 0.537. The lowest BCUT2D eigenvalue weighted by atomic mass is 10.0. The lowest BCUT2D eigenvalue weighted by molar-refractivity contribution is 0.0940. The standard InChI is InChI=1S/C18H25N3O3S/c1-14(2)10-15-5-7-18(8-6-15)25(22,23)20-16-11-19-21(12-16)13-17-4-3-9-24-17/h5-8,11-12,14,17,20H,3-4,9-10,13H2,1-2H3. The Labute approximate surface area is 149 Å². The van der Waals surface area contributed by atoms with Crippen molar-refractivity contribution in [2.24, 2.45) is 5.92 Å². The maximum Gasteiger partial charge on any atom is 0.261 e. The minimum absolute atomic E-state index is 0.165. The molecule has 7 heteroatoms. The van der Waals surface area contributed by atoms with Gasteiger partial charge < -0.3 is 4.74 Å². The third-order valence-electron chi connectivity index (χ3n) is 4.18. The van der Waals surface area contributed by atoms with Crippen molar-refractivity contribution in [1.29, 1.82) is 0 Å². The average Bonchev–Trinajstić information content (AvgIpc) is 3.19. The van der Waals surface area contributed by atoms with Crippen LogP contribution in [-0.4, -0.2) is 30.9 Å². The molecule has 2 aromatic rings. The van der Waals surface area contributed by atoms with Gasteiger partial charge >= 0.3 is 0 Å². The van der Waals surface area contributed by atoms with Gasteiger partial charge in [-0.15, -0.1) is 0 Å². The Balaban J connectivity index is 1.65. The molecular formula is C18H25N3O3S.